The van der Waals surface area contributed by atoms with Crippen LogP contribution >= 0.6 is 0 Å². The first-order valence-electron chi connectivity index (χ1n) is 6.22. The van der Waals surface area contributed by atoms with Crippen LogP contribution < -0.4 is 5.32 Å². The summed E-state index contributed by atoms with van der Waals surface area (Å²) in [5.41, 5.74) is 0. The lowest BCUT2D eigenvalue weighted by molar-refractivity contribution is -0.136. The van der Waals surface area contributed by atoms with Crippen LogP contribution in [0.3, 0.4) is 0 Å². The Morgan fingerprint density at radius 2 is 2.00 bits per heavy atom. The lowest BCUT2D eigenvalue weighted by Gasteiger charge is -2.28. The molecular formula is C12H20N2O3. The number of carbonyl (C=O) groups is 3. The number of barbiturate groups is 1. The van der Waals surface area contributed by atoms with E-state index in [2.05, 4.69) is 19.2 Å². The maximum absolute atomic E-state index is 11.6. The molecule has 1 aliphatic heterocycles. The molecule has 1 N–H and O–H groups in total. The highest BCUT2D eigenvalue weighted by molar-refractivity contribution is 6.14. The number of imide groups is 2. The van der Waals surface area contributed by atoms with Gasteiger partial charge in [0.25, 0.3) is 0 Å². The topological polar surface area (TPSA) is 66.5 Å². The van der Waals surface area contributed by atoms with E-state index in [9.17, 15) is 14.4 Å². The zero-order chi connectivity index (χ0) is 12.8. The maximum atomic E-state index is 11.6. The molecule has 0 aliphatic carbocycles. The molecule has 1 atom stereocenters. The van der Waals surface area contributed by atoms with Crippen molar-refractivity contribution in [2.75, 3.05) is 6.54 Å². The molecule has 0 aromatic heterocycles. The van der Waals surface area contributed by atoms with Crippen LogP contribution in [-0.2, 0) is 9.59 Å². The highest BCUT2D eigenvalue weighted by Crippen LogP contribution is 2.16. The summed E-state index contributed by atoms with van der Waals surface area (Å²) in [7, 11) is 0. The van der Waals surface area contributed by atoms with Gasteiger partial charge in [0, 0.05) is 6.54 Å². The molecule has 1 aliphatic rings. The van der Waals surface area contributed by atoms with Crippen LogP contribution in [0.15, 0.2) is 0 Å². The summed E-state index contributed by atoms with van der Waals surface area (Å²) in [5.74, 6) is -0.551. The molecule has 96 valence electrons. The molecule has 0 saturated carbocycles. The molecule has 0 spiro atoms. The van der Waals surface area contributed by atoms with Crippen molar-refractivity contribution >= 4 is 17.8 Å². The van der Waals surface area contributed by atoms with E-state index in [1.54, 1.807) is 0 Å². The Bertz CT molecular complexity index is 295. The van der Waals surface area contributed by atoms with Gasteiger partial charge in [0.2, 0.25) is 11.8 Å². The summed E-state index contributed by atoms with van der Waals surface area (Å²) in [6.45, 7) is 4.59. The summed E-state index contributed by atoms with van der Waals surface area (Å²) in [4.78, 5) is 35.2. The molecule has 0 radical (unpaired) electrons. The standard InChI is InChI=1S/C12H20N2O3/c1-3-5-6-9(4-2)8-14-11(16)7-10(15)13-12(14)17/h9H,3-8H2,1-2H3,(H,13,15,17). The average Bonchev–Trinajstić information content (AvgIpc) is 2.27. The largest absolute Gasteiger partial charge is 0.330 e. The summed E-state index contributed by atoms with van der Waals surface area (Å²) in [6.07, 6.45) is 3.94. The van der Waals surface area contributed by atoms with E-state index in [0.29, 0.717) is 12.5 Å². The lowest BCUT2D eigenvalue weighted by Crippen LogP contribution is -2.53. The Kier molecular flexibility index (Phi) is 5.12. The van der Waals surface area contributed by atoms with Crippen molar-refractivity contribution in [3.63, 3.8) is 0 Å². The molecule has 4 amide bonds. The van der Waals surface area contributed by atoms with E-state index in [1.807, 2.05) is 0 Å². The minimum Gasteiger partial charge on any atom is -0.277 e. The number of unbranched alkanes of at least 4 members (excludes halogenated alkanes) is 1. The van der Waals surface area contributed by atoms with Gasteiger partial charge in [0.15, 0.2) is 0 Å². The van der Waals surface area contributed by atoms with Gasteiger partial charge in [0.05, 0.1) is 0 Å². The smallest absolute Gasteiger partial charge is 0.277 e. The first-order chi connectivity index (χ1) is 8.08. The van der Waals surface area contributed by atoms with Crippen LogP contribution in [0.4, 0.5) is 4.79 Å². The van der Waals surface area contributed by atoms with E-state index < -0.39 is 11.9 Å². The SMILES string of the molecule is CCCCC(CC)CN1C(=O)CC(=O)NC1=O. The lowest BCUT2D eigenvalue weighted by atomic mass is 9.98. The van der Waals surface area contributed by atoms with Gasteiger partial charge in [-0.3, -0.25) is 19.8 Å². The second kappa shape index (κ2) is 6.37. The van der Waals surface area contributed by atoms with Gasteiger partial charge in [-0.25, -0.2) is 4.79 Å². The Morgan fingerprint density at radius 3 is 2.53 bits per heavy atom. The van der Waals surface area contributed by atoms with Crippen molar-refractivity contribution in [3.8, 4) is 0 Å². The molecule has 0 aromatic rings. The predicted octanol–water partition coefficient (Wildman–Crippen LogP) is 1.67. The number of amides is 4. The highest BCUT2D eigenvalue weighted by Gasteiger charge is 2.31. The monoisotopic (exact) mass is 240 g/mol. The number of nitrogens with zero attached hydrogens (tertiary/aromatic N) is 1. The second-order valence-electron chi connectivity index (χ2n) is 4.45. The highest BCUT2D eigenvalue weighted by atomic mass is 16.2. The van der Waals surface area contributed by atoms with Crippen LogP contribution in [0, 0.1) is 5.92 Å². The Hall–Kier alpha value is -1.39. The minimum atomic E-state index is -0.568. The van der Waals surface area contributed by atoms with E-state index in [-0.39, 0.29) is 12.3 Å². The molecule has 0 aromatic carbocycles. The summed E-state index contributed by atoms with van der Waals surface area (Å²) in [6, 6.07) is -0.568. The number of hydrogen-bond acceptors (Lipinski definition) is 3. The fourth-order valence-corrected chi connectivity index (χ4v) is 1.94. The molecule has 1 unspecified atom stereocenters. The number of rotatable bonds is 6. The average molecular weight is 240 g/mol. The van der Waals surface area contributed by atoms with Crippen LogP contribution in [0.1, 0.15) is 46.0 Å². The third-order valence-electron chi connectivity index (χ3n) is 3.09. The van der Waals surface area contributed by atoms with Gasteiger partial charge in [0.1, 0.15) is 6.42 Å². The summed E-state index contributed by atoms with van der Waals surface area (Å²) in [5, 5.41) is 2.17. The van der Waals surface area contributed by atoms with Crippen molar-refractivity contribution in [1.82, 2.24) is 10.2 Å². The van der Waals surface area contributed by atoms with Crippen molar-refractivity contribution in [1.29, 1.82) is 0 Å². The predicted molar refractivity (Wildman–Crippen MR) is 63.2 cm³/mol. The summed E-state index contributed by atoms with van der Waals surface area (Å²) < 4.78 is 0. The van der Waals surface area contributed by atoms with Crippen LogP contribution in [0.2, 0.25) is 0 Å². The molecule has 1 fully saturated rings. The number of carbonyl (C=O) groups excluding carboxylic acids is 3. The van der Waals surface area contributed by atoms with Crippen molar-refractivity contribution in [3.05, 3.63) is 0 Å². The van der Waals surface area contributed by atoms with E-state index in [1.165, 1.54) is 4.90 Å². The number of urea groups is 1. The number of hydrogen-bond donors (Lipinski definition) is 1. The minimum absolute atomic E-state index is 0.212. The van der Waals surface area contributed by atoms with Gasteiger partial charge in [-0.15, -0.1) is 0 Å². The Balaban J connectivity index is 2.55. The molecule has 5 heteroatoms. The van der Waals surface area contributed by atoms with E-state index in [4.69, 9.17) is 0 Å². The Morgan fingerprint density at radius 1 is 1.29 bits per heavy atom. The zero-order valence-corrected chi connectivity index (χ0v) is 10.5. The fourth-order valence-electron chi connectivity index (χ4n) is 1.94. The van der Waals surface area contributed by atoms with Crippen LogP contribution in [0.25, 0.3) is 0 Å². The van der Waals surface area contributed by atoms with Gasteiger partial charge < -0.3 is 0 Å². The Labute approximate surface area is 102 Å². The zero-order valence-electron chi connectivity index (χ0n) is 10.5. The van der Waals surface area contributed by atoms with E-state index >= 15 is 0 Å². The van der Waals surface area contributed by atoms with Crippen LogP contribution in [-0.4, -0.2) is 29.3 Å². The second-order valence-corrected chi connectivity index (χ2v) is 4.45. The normalized spacial score (nSPS) is 18.2. The van der Waals surface area contributed by atoms with Crippen molar-refractivity contribution in [2.45, 2.75) is 46.0 Å². The van der Waals surface area contributed by atoms with Gasteiger partial charge in [-0.2, -0.15) is 0 Å². The molecule has 1 saturated heterocycles. The van der Waals surface area contributed by atoms with Gasteiger partial charge >= 0.3 is 6.03 Å². The van der Waals surface area contributed by atoms with E-state index in [0.717, 1.165) is 25.7 Å². The van der Waals surface area contributed by atoms with Crippen LogP contribution in [0.5, 0.6) is 0 Å². The first kappa shape index (κ1) is 13.7. The quantitative estimate of drug-likeness (QED) is 0.718. The molecular weight excluding hydrogens is 220 g/mol. The third kappa shape index (κ3) is 3.84. The van der Waals surface area contributed by atoms with Crippen molar-refractivity contribution < 1.29 is 14.4 Å². The van der Waals surface area contributed by atoms with Crippen molar-refractivity contribution in [2.24, 2.45) is 5.92 Å². The number of nitrogens with one attached hydrogen (secondary N) is 1. The summed E-state index contributed by atoms with van der Waals surface area (Å²) >= 11 is 0. The van der Waals surface area contributed by atoms with Gasteiger partial charge in [-0.1, -0.05) is 33.1 Å². The molecule has 17 heavy (non-hydrogen) atoms. The molecule has 1 heterocycles. The molecule has 0 bridgehead atoms. The third-order valence-corrected chi connectivity index (χ3v) is 3.09. The van der Waals surface area contributed by atoms with Gasteiger partial charge in [-0.05, 0) is 12.3 Å². The molecule has 1 rings (SSSR count). The first-order valence-corrected chi connectivity index (χ1v) is 6.22. The fraction of sp³-hybridized carbons (Fsp3) is 0.750. The molecule has 5 nitrogen and oxygen atoms in total. The maximum Gasteiger partial charge on any atom is 0.330 e.